The van der Waals surface area contributed by atoms with Crippen LogP contribution in [0.4, 0.5) is 5.69 Å². The average molecular weight is 340 g/mol. The van der Waals surface area contributed by atoms with E-state index in [1.807, 2.05) is 0 Å². The Morgan fingerprint density at radius 1 is 0.960 bits per heavy atom. The van der Waals surface area contributed by atoms with Crippen molar-refractivity contribution in [3.8, 4) is 34.2 Å². The molecule has 8 nitrogen and oxygen atoms in total. The van der Waals surface area contributed by atoms with Crippen LogP contribution in [0.1, 0.15) is 0 Å². The molecule has 3 aromatic rings. The van der Waals surface area contributed by atoms with E-state index in [9.17, 15) is 4.91 Å². The lowest BCUT2D eigenvalue weighted by Crippen LogP contribution is -2.02. The predicted molar refractivity (Wildman–Crippen MR) is 91.9 cm³/mol. The van der Waals surface area contributed by atoms with Crippen LogP contribution in [0.2, 0.25) is 0 Å². The van der Waals surface area contributed by atoms with Crippen LogP contribution in [-0.4, -0.2) is 36.3 Å². The molecule has 8 heteroatoms. The summed E-state index contributed by atoms with van der Waals surface area (Å²) in [6.45, 7) is 0. The second kappa shape index (κ2) is 7.00. The number of ether oxygens (including phenoxy) is 3. The largest absolute Gasteiger partial charge is 0.493 e. The van der Waals surface area contributed by atoms with Crippen molar-refractivity contribution in [1.82, 2.24) is 15.0 Å². The van der Waals surface area contributed by atoms with Crippen molar-refractivity contribution in [1.29, 1.82) is 0 Å². The number of benzene rings is 2. The number of nitroso groups, excluding NO2 is 1. The highest BCUT2D eigenvalue weighted by Gasteiger charge is 2.17. The third-order valence-electron chi connectivity index (χ3n) is 3.71. The smallest absolute Gasteiger partial charge is 0.203 e. The van der Waals surface area contributed by atoms with E-state index >= 15 is 0 Å². The molecule has 0 atom stereocenters. The Kier molecular flexibility index (Phi) is 4.60. The molecule has 3 rings (SSSR count). The number of hydrogen-bond donors (Lipinski definition) is 0. The molecule has 0 saturated carbocycles. The van der Waals surface area contributed by atoms with Crippen molar-refractivity contribution in [2.45, 2.75) is 0 Å². The first-order valence-electron chi connectivity index (χ1n) is 7.36. The summed E-state index contributed by atoms with van der Waals surface area (Å²) in [5.74, 6) is 1.52. The standard InChI is InChI=1S/C17H16N4O4/c1-23-15-8-13(9-16(24-2)17(15)25-3)21-14(10-18-20-21)11-4-6-12(19-22)7-5-11/h4-10H,1-3H3. The zero-order valence-corrected chi connectivity index (χ0v) is 14.0. The van der Waals surface area contributed by atoms with E-state index in [0.29, 0.717) is 28.6 Å². The first kappa shape index (κ1) is 16.4. The number of hydrogen-bond acceptors (Lipinski definition) is 7. The molecule has 0 aliphatic carbocycles. The van der Waals surface area contributed by atoms with Crippen molar-refractivity contribution in [2.75, 3.05) is 21.3 Å². The zero-order valence-electron chi connectivity index (χ0n) is 14.0. The maximum absolute atomic E-state index is 10.6. The molecule has 0 unspecified atom stereocenters. The SMILES string of the molecule is COc1cc(-n2nncc2-c2ccc(N=O)cc2)cc(OC)c1OC. The van der Waals surface area contributed by atoms with Crippen LogP contribution in [-0.2, 0) is 0 Å². The van der Waals surface area contributed by atoms with Gasteiger partial charge in [-0.2, -0.15) is 0 Å². The minimum atomic E-state index is 0.357. The molecule has 0 fully saturated rings. The minimum Gasteiger partial charge on any atom is -0.493 e. The van der Waals surface area contributed by atoms with Gasteiger partial charge in [-0.05, 0) is 17.3 Å². The van der Waals surface area contributed by atoms with Gasteiger partial charge in [-0.3, -0.25) is 0 Å². The highest BCUT2D eigenvalue weighted by molar-refractivity contribution is 5.65. The maximum atomic E-state index is 10.6. The third kappa shape index (κ3) is 3.01. The van der Waals surface area contributed by atoms with E-state index < -0.39 is 0 Å². The van der Waals surface area contributed by atoms with Crippen LogP contribution in [0.5, 0.6) is 17.2 Å². The van der Waals surface area contributed by atoms with Gasteiger partial charge in [0, 0.05) is 17.7 Å². The number of aromatic nitrogens is 3. The quantitative estimate of drug-likeness (QED) is 0.639. The van der Waals surface area contributed by atoms with Gasteiger partial charge in [-0.25, -0.2) is 4.68 Å². The van der Waals surface area contributed by atoms with Crippen molar-refractivity contribution < 1.29 is 14.2 Å². The lowest BCUT2D eigenvalue weighted by Gasteiger charge is -2.15. The first-order chi connectivity index (χ1) is 12.2. The Hall–Kier alpha value is -3.42. The van der Waals surface area contributed by atoms with E-state index in [1.54, 1.807) is 68.6 Å². The van der Waals surface area contributed by atoms with Gasteiger partial charge in [0.1, 0.15) is 5.69 Å². The molecule has 0 N–H and O–H groups in total. The minimum absolute atomic E-state index is 0.357. The molecule has 1 heterocycles. The molecule has 0 aliphatic rings. The molecule has 0 aliphatic heterocycles. The summed E-state index contributed by atoms with van der Waals surface area (Å²) in [5, 5.41) is 11.0. The molecule has 128 valence electrons. The summed E-state index contributed by atoms with van der Waals surface area (Å²) in [7, 11) is 4.65. The Morgan fingerprint density at radius 2 is 1.60 bits per heavy atom. The van der Waals surface area contributed by atoms with Crippen LogP contribution in [0.25, 0.3) is 16.9 Å². The molecule has 1 aromatic heterocycles. The fourth-order valence-electron chi connectivity index (χ4n) is 2.51. The fraction of sp³-hybridized carbons (Fsp3) is 0.176. The van der Waals surface area contributed by atoms with E-state index in [4.69, 9.17) is 14.2 Å². The van der Waals surface area contributed by atoms with Crippen LogP contribution >= 0.6 is 0 Å². The van der Waals surface area contributed by atoms with Crippen molar-refractivity contribution in [3.63, 3.8) is 0 Å². The molecule has 2 aromatic carbocycles. The van der Waals surface area contributed by atoms with Crippen molar-refractivity contribution in [3.05, 3.63) is 47.5 Å². The molecular weight excluding hydrogens is 324 g/mol. The molecule has 0 spiro atoms. The topological polar surface area (TPSA) is 87.8 Å². The fourth-order valence-corrected chi connectivity index (χ4v) is 2.51. The summed E-state index contributed by atoms with van der Waals surface area (Å²) >= 11 is 0. The summed E-state index contributed by atoms with van der Waals surface area (Å²) < 4.78 is 17.7. The lowest BCUT2D eigenvalue weighted by molar-refractivity contribution is 0.324. The maximum Gasteiger partial charge on any atom is 0.203 e. The third-order valence-corrected chi connectivity index (χ3v) is 3.71. The monoisotopic (exact) mass is 340 g/mol. The van der Waals surface area contributed by atoms with E-state index in [0.717, 1.165) is 11.3 Å². The molecular formula is C17H16N4O4. The van der Waals surface area contributed by atoms with E-state index in [-0.39, 0.29) is 0 Å². The van der Waals surface area contributed by atoms with Crippen LogP contribution < -0.4 is 14.2 Å². The van der Waals surface area contributed by atoms with Gasteiger partial charge in [-0.1, -0.05) is 17.3 Å². The second-order valence-corrected chi connectivity index (χ2v) is 5.05. The summed E-state index contributed by atoms with van der Waals surface area (Å²) in [5.41, 5.74) is 2.63. The van der Waals surface area contributed by atoms with E-state index in [1.165, 1.54) is 0 Å². The second-order valence-electron chi connectivity index (χ2n) is 5.05. The van der Waals surface area contributed by atoms with Gasteiger partial charge in [0.05, 0.1) is 38.9 Å². The van der Waals surface area contributed by atoms with Gasteiger partial charge >= 0.3 is 0 Å². The van der Waals surface area contributed by atoms with Crippen molar-refractivity contribution in [2.24, 2.45) is 5.18 Å². The van der Waals surface area contributed by atoms with E-state index in [2.05, 4.69) is 15.5 Å². The Labute approximate surface area is 143 Å². The summed E-state index contributed by atoms with van der Waals surface area (Å²) in [4.78, 5) is 10.6. The van der Waals surface area contributed by atoms with Crippen molar-refractivity contribution >= 4 is 5.69 Å². The molecule has 0 saturated heterocycles. The van der Waals surface area contributed by atoms with Crippen LogP contribution in [0, 0.1) is 4.91 Å². The number of methoxy groups -OCH3 is 3. The Balaban J connectivity index is 2.11. The number of nitrogens with zero attached hydrogens (tertiary/aromatic N) is 4. The van der Waals surface area contributed by atoms with Crippen LogP contribution in [0.3, 0.4) is 0 Å². The summed E-state index contributed by atoms with van der Waals surface area (Å²) in [6.07, 6.45) is 1.63. The van der Waals surface area contributed by atoms with Crippen LogP contribution in [0.15, 0.2) is 47.8 Å². The predicted octanol–water partition coefficient (Wildman–Crippen LogP) is 3.36. The summed E-state index contributed by atoms with van der Waals surface area (Å²) in [6, 6.07) is 10.4. The van der Waals surface area contributed by atoms with Gasteiger partial charge < -0.3 is 14.2 Å². The number of rotatable bonds is 6. The lowest BCUT2D eigenvalue weighted by atomic mass is 10.1. The zero-order chi connectivity index (χ0) is 17.8. The van der Waals surface area contributed by atoms with Gasteiger partial charge in [0.15, 0.2) is 11.5 Å². The molecule has 0 amide bonds. The highest BCUT2D eigenvalue weighted by Crippen LogP contribution is 2.39. The van der Waals surface area contributed by atoms with Gasteiger partial charge in [-0.15, -0.1) is 10.0 Å². The average Bonchev–Trinajstić information content (AvgIpc) is 3.16. The highest BCUT2D eigenvalue weighted by atomic mass is 16.5. The van der Waals surface area contributed by atoms with Gasteiger partial charge in [0.25, 0.3) is 0 Å². The molecule has 0 radical (unpaired) electrons. The molecule has 0 bridgehead atoms. The Bertz CT molecular complexity index is 865. The normalized spacial score (nSPS) is 10.4. The Morgan fingerprint density at radius 3 is 2.12 bits per heavy atom. The molecule has 25 heavy (non-hydrogen) atoms. The first-order valence-corrected chi connectivity index (χ1v) is 7.36. The van der Waals surface area contributed by atoms with Gasteiger partial charge in [0.2, 0.25) is 5.75 Å².